The van der Waals surface area contributed by atoms with E-state index in [0.717, 1.165) is 0 Å². The minimum atomic E-state index is -3.33. The van der Waals surface area contributed by atoms with Gasteiger partial charge in [-0.15, -0.1) is 0 Å². The van der Waals surface area contributed by atoms with E-state index in [1.807, 2.05) is 0 Å². The first kappa shape index (κ1) is 13.4. The Kier molecular flexibility index (Phi) is 4.41. The van der Waals surface area contributed by atoms with Gasteiger partial charge in [-0.2, -0.15) is 0 Å². The average Bonchev–Trinajstić information content (AvgIpc) is 2.29. The van der Waals surface area contributed by atoms with Crippen LogP contribution in [0.5, 0.6) is 0 Å². The molecule has 94 valence electrons. The molecule has 0 aliphatic carbocycles. The Labute approximate surface area is 98.3 Å². The van der Waals surface area contributed by atoms with Gasteiger partial charge in [0.15, 0.2) is 0 Å². The Morgan fingerprint density at radius 2 is 2.12 bits per heavy atom. The van der Waals surface area contributed by atoms with Crippen LogP contribution in [0.25, 0.3) is 0 Å². The van der Waals surface area contributed by atoms with Gasteiger partial charge in [-0.3, -0.25) is 9.59 Å². The molecule has 1 amide bonds. The molecule has 0 aliphatic heterocycles. The van der Waals surface area contributed by atoms with Crippen molar-refractivity contribution in [3.63, 3.8) is 0 Å². The highest BCUT2D eigenvalue weighted by Gasteiger charge is 2.09. The Morgan fingerprint density at radius 3 is 2.65 bits per heavy atom. The van der Waals surface area contributed by atoms with Crippen LogP contribution in [0.15, 0.2) is 23.1 Å². The summed E-state index contributed by atoms with van der Waals surface area (Å²) in [6.07, 6.45) is 1.27. The van der Waals surface area contributed by atoms with E-state index in [9.17, 15) is 18.0 Å². The van der Waals surface area contributed by atoms with Crippen LogP contribution in [0.3, 0.4) is 0 Å². The maximum atomic E-state index is 11.5. The van der Waals surface area contributed by atoms with Crippen LogP contribution in [0, 0.1) is 0 Å². The highest BCUT2D eigenvalue weighted by molar-refractivity contribution is 7.89. The summed E-state index contributed by atoms with van der Waals surface area (Å²) in [5, 5.41) is 2.43. The lowest BCUT2D eigenvalue weighted by molar-refractivity contribution is 0.0955. The van der Waals surface area contributed by atoms with E-state index in [0.29, 0.717) is 0 Å². The normalized spacial score (nSPS) is 11.1. The van der Waals surface area contributed by atoms with E-state index in [1.54, 1.807) is 0 Å². The Morgan fingerprint density at radius 1 is 1.41 bits per heavy atom. The summed E-state index contributed by atoms with van der Waals surface area (Å²) in [7, 11) is -2.02. The lowest BCUT2D eigenvalue weighted by Gasteiger charge is -2.05. The van der Waals surface area contributed by atoms with Gasteiger partial charge in [0.2, 0.25) is 15.6 Å². The number of hydrogen-bond donors (Lipinski definition) is 3. The topological polar surface area (TPSA) is 108 Å². The summed E-state index contributed by atoms with van der Waals surface area (Å²) in [5.74, 6) is -0.633. The van der Waals surface area contributed by atoms with Crippen molar-refractivity contribution >= 4 is 15.9 Å². The van der Waals surface area contributed by atoms with Gasteiger partial charge in [0.25, 0.3) is 5.91 Å². The van der Waals surface area contributed by atoms with E-state index >= 15 is 0 Å². The van der Waals surface area contributed by atoms with Gasteiger partial charge >= 0.3 is 0 Å². The largest absolute Gasteiger partial charge is 0.351 e. The van der Waals surface area contributed by atoms with E-state index < -0.39 is 15.9 Å². The van der Waals surface area contributed by atoms with E-state index in [2.05, 4.69) is 15.0 Å². The molecule has 17 heavy (non-hydrogen) atoms. The summed E-state index contributed by atoms with van der Waals surface area (Å²) in [6, 6.07) is 2.58. The zero-order valence-electron chi connectivity index (χ0n) is 9.19. The summed E-state index contributed by atoms with van der Waals surface area (Å²) >= 11 is 0. The van der Waals surface area contributed by atoms with Gasteiger partial charge in [-0.05, 0) is 13.1 Å². The molecule has 1 heterocycles. The van der Waals surface area contributed by atoms with Crippen LogP contribution >= 0.6 is 0 Å². The fraction of sp³-hybridized carbons (Fsp3) is 0.333. The molecule has 1 rings (SSSR count). The number of sulfonamides is 1. The van der Waals surface area contributed by atoms with Crippen molar-refractivity contribution in [3.05, 3.63) is 34.2 Å². The van der Waals surface area contributed by atoms with Gasteiger partial charge in [-0.1, -0.05) is 0 Å². The predicted molar refractivity (Wildman–Crippen MR) is 62.2 cm³/mol. The average molecular weight is 259 g/mol. The van der Waals surface area contributed by atoms with Crippen molar-refractivity contribution in [2.75, 3.05) is 19.3 Å². The molecular formula is C9H13N3O4S. The van der Waals surface area contributed by atoms with Crippen molar-refractivity contribution in [1.82, 2.24) is 15.0 Å². The van der Waals surface area contributed by atoms with Crippen LogP contribution in [0.4, 0.5) is 0 Å². The van der Waals surface area contributed by atoms with Gasteiger partial charge in [-0.25, -0.2) is 13.1 Å². The van der Waals surface area contributed by atoms with Gasteiger partial charge in [0.1, 0.15) is 0 Å². The van der Waals surface area contributed by atoms with Crippen molar-refractivity contribution in [1.29, 1.82) is 0 Å². The van der Waals surface area contributed by atoms with Crippen LogP contribution < -0.4 is 15.6 Å². The highest BCUT2D eigenvalue weighted by atomic mass is 32.2. The number of amides is 1. The molecule has 0 unspecified atom stereocenters. The Hall–Kier alpha value is -1.67. The SMILES string of the molecule is CNS(=O)(=O)CCNC(=O)c1ccc(=O)[nH]c1. The second-order valence-corrected chi connectivity index (χ2v) is 5.27. The van der Waals surface area contributed by atoms with Crippen molar-refractivity contribution < 1.29 is 13.2 Å². The second-order valence-electron chi connectivity index (χ2n) is 3.22. The number of carbonyl (C=O) groups excluding carboxylic acids is 1. The highest BCUT2D eigenvalue weighted by Crippen LogP contribution is 1.92. The lowest BCUT2D eigenvalue weighted by Crippen LogP contribution is -2.33. The van der Waals surface area contributed by atoms with Crippen molar-refractivity contribution in [3.8, 4) is 0 Å². The molecule has 0 bridgehead atoms. The fourth-order valence-corrected chi connectivity index (χ4v) is 1.63. The number of pyridine rings is 1. The van der Waals surface area contributed by atoms with E-state index in [-0.39, 0.29) is 23.4 Å². The maximum Gasteiger partial charge on any atom is 0.252 e. The number of carbonyl (C=O) groups is 1. The van der Waals surface area contributed by atoms with Gasteiger partial charge in [0.05, 0.1) is 11.3 Å². The van der Waals surface area contributed by atoms with Crippen molar-refractivity contribution in [2.45, 2.75) is 0 Å². The van der Waals surface area contributed by atoms with Crippen LogP contribution in [-0.2, 0) is 10.0 Å². The summed E-state index contributed by atoms with van der Waals surface area (Å²) in [4.78, 5) is 24.6. The standard InChI is InChI=1S/C9H13N3O4S/c1-10-17(15,16)5-4-11-9(14)7-2-3-8(13)12-6-7/h2-3,6,10H,4-5H2,1H3,(H,11,14)(H,12,13). The number of aromatic nitrogens is 1. The minimum absolute atomic E-state index is 0.00112. The first-order valence-electron chi connectivity index (χ1n) is 4.83. The monoisotopic (exact) mass is 259 g/mol. The number of nitrogens with one attached hydrogen (secondary N) is 3. The lowest BCUT2D eigenvalue weighted by atomic mass is 10.3. The van der Waals surface area contributed by atoms with Crippen molar-refractivity contribution in [2.24, 2.45) is 0 Å². The van der Waals surface area contributed by atoms with Crippen LogP contribution in [-0.4, -0.2) is 38.7 Å². The number of hydrogen-bond acceptors (Lipinski definition) is 4. The third-order valence-electron chi connectivity index (χ3n) is 2.01. The zero-order valence-corrected chi connectivity index (χ0v) is 10.0. The summed E-state index contributed by atoms with van der Waals surface area (Å²) < 4.78 is 24.2. The van der Waals surface area contributed by atoms with E-state index in [4.69, 9.17) is 0 Å². The van der Waals surface area contributed by atoms with Crippen LogP contribution in [0.2, 0.25) is 0 Å². The molecule has 7 nitrogen and oxygen atoms in total. The van der Waals surface area contributed by atoms with E-state index in [1.165, 1.54) is 25.4 Å². The molecule has 0 saturated carbocycles. The zero-order chi connectivity index (χ0) is 12.9. The quantitative estimate of drug-likeness (QED) is 0.607. The molecule has 1 aromatic rings. The third-order valence-corrected chi connectivity index (χ3v) is 3.38. The molecule has 0 saturated heterocycles. The maximum absolute atomic E-state index is 11.5. The Balaban J connectivity index is 2.51. The number of aromatic amines is 1. The fourth-order valence-electron chi connectivity index (χ4n) is 1.05. The number of rotatable bonds is 5. The first-order valence-corrected chi connectivity index (χ1v) is 6.48. The molecule has 1 aromatic heterocycles. The molecule has 0 atom stereocenters. The molecule has 8 heteroatoms. The molecule has 0 radical (unpaired) electrons. The van der Waals surface area contributed by atoms with Gasteiger partial charge < -0.3 is 10.3 Å². The molecular weight excluding hydrogens is 246 g/mol. The first-order chi connectivity index (χ1) is 7.94. The predicted octanol–water partition coefficient (Wildman–Crippen LogP) is -1.35. The molecule has 0 spiro atoms. The molecule has 0 aromatic carbocycles. The Bertz CT molecular complexity index is 529. The number of H-pyrrole nitrogens is 1. The summed E-state index contributed by atoms with van der Waals surface area (Å²) in [6.45, 7) is 0.00112. The van der Waals surface area contributed by atoms with Gasteiger partial charge in [0, 0.05) is 18.8 Å². The summed E-state index contributed by atoms with van der Waals surface area (Å²) in [5.41, 5.74) is -0.0363. The third kappa shape index (κ3) is 4.37. The molecule has 3 N–H and O–H groups in total. The molecule has 0 fully saturated rings. The van der Waals surface area contributed by atoms with Crippen LogP contribution in [0.1, 0.15) is 10.4 Å². The molecule has 0 aliphatic rings. The smallest absolute Gasteiger partial charge is 0.252 e. The minimum Gasteiger partial charge on any atom is -0.351 e. The second kappa shape index (κ2) is 5.60.